The standard InChI is InChI=1S/C22H33N3O2S/c1-5-26-11-12-27-16-20-8-6-7-19(14-20)15-24-22(23-4)25-17(2)13-21-10-9-18(3)28-21/h6-10,14,17H,5,11-13,15-16H2,1-4H3,(H2,23,24,25). The van der Waals surface area contributed by atoms with E-state index < -0.39 is 0 Å². The number of nitrogens with one attached hydrogen (secondary N) is 2. The summed E-state index contributed by atoms with van der Waals surface area (Å²) < 4.78 is 10.9. The van der Waals surface area contributed by atoms with E-state index in [4.69, 9.17) is 9.47 Å². The van der Waals surface area contributed by atoms with Gasteiger partial charge in [0.1, 0.15) is 0 Å². The summed E-state index contributed by atoms with van der Waals surface area (Å²) in [6, 6.07) is 13.1. The monoisotopic (exact) mass is 403 g/mol. The highest BCUT2D eigenvalue weighted by Gasteiger charge is 2.08. The van der Waals surface area contributed by atoms with Crippen molar-refractivity contribution in [2.45, 2.75) is 46.4 Å². The minimum atomic E-state index is 0.314. The minimum Gasteiger partial charge on any atom is -0.379 e. The first-order valence-corrected chi connectivity index (χ1v) is 10.7. The quantitative estimate of drug-likeness (QED) is 0.339. The third kappa shape index (κ3) is 8.42. The van der Waals surface area contributed by atoms with Crippen LogP contribution in [0.1, 0.15) is 34.7 Å². The Morgan fingerprint density at radius 2 is 1.93 bits per heavy atom. The van der Waals surface area contributed by atoms with Crippen molar-refractivity contribution in [1.82, 2.24) is 10.6 Å². The SMILES string of the molecule is CCOCCOCc1cccc(CNC(=NC)NC(C)Cc2ccc(C)s2)c1. The number of rotatable bonds is 11. The van der Waals surface area contributed by atoms with E-state index in [-0.39, 0.29) is 0 Å². The molecule has 0 aliphatic heterocycles. The van der Waals surface area contributed by atoms with Gasteiger partial charge in [-0.25, -0.2) is 0 Å². The van der Waals surface area contributed by atoms with E-state index >= 15 is 0 Å². The Labute approximate surface area is 173 Å². The number of nitrogens with zero attached hydrogens (tertiary/aromatic N) is 1. The lowest BCUT2D eigenvalue weighted by Crippen LogP contribution is -2.42. The van der Waals surface area contributed by atoms with Crippen LogP contribution in [0.3, 0.4) is 0 Å². The van der Waals surface area contributed by atoms with Gasteiger partial charge in [-0.2, -0.15) is 0 Å². The summed E-state index contributed by atoms with van der Waals surface area (Å²) in [5.74, 6) is 0.819. The normalized spacial score (nSPS) is 12.8. The van der Waals surface area contributed by atoms with Crippen molar-refractivity contribution in [2.75, 3.05) is 26.9 Å². The van der Waals surface area contributed by atoms with E-state index in [1.165, 1.54) is 20.9 Å². The van der Waals surface area contributed by atoms with Crippen LogP contribution in [0.15, 0.2) is 41.4 Å². The summed E-state index contributed by atoms with van der Waals surface area (Å²) in [6.45, 7) is 9.63. The van der Waals surface area contributed by atoms with E-state index in [2.05, 4.69) is 65.9 Å². The van der Waals surface area contributed by atoms with E-state index in [0.29, 0.717) is 25.9 Å². The zero-order chi connectivity index (χ0) is 20.2. The second-order valence-corrected chi connectivity index (χ2v) is 8.13. The molecule has 2 aromatic rings. The topological polar surface area (TPSA) is 54.9 Å². The van der Waals surface area contributed by atoms with Crippen LogP contribution in [-0.2, 0) is 29.0 Å². The predicted molar refractivity (Wildman–Crippen MR) is 118 cm³/mol. The summed E-state index contributed by atoms with van der Waals surface area (Å²) in [6.07, 6.45) is 0.994. The number of ether oxygens (including phenoxy) is 2. The van der Waals surface area contributed by atoms with Gasteiger partial charge in [0.25, 0.3) is 0 Å². The average Bonchev–Trinajstić information content (AvgIpc) is 3.09. The van der Waals surface area contributed by atoms with Crippen LogP contribution < -0.4 is 10.6 Å². The number of guanidine groups is 1. The lowest BCUT2D eigenvalue weighted by Gasteiger charge is -2.17. The molecule has 0 saturated heterocycles. The summed E-state index contributed by atoms with van der Waals surface area (Å²) in [5.41, 5.74) is 2.37. The average molecular weight is 404 g/mol. The third-order valence-corrected chi connectivity index (χ3v) is 5.23. The minimum absolute atomic E-state index is 0.314. The fraction of sp³-hybridized carbons (Fsp3) is 0.500. The fourth-order valence-electron chi connectivity index (χ4n) is 2.84. The number of hydrogen-bond donors (Lipinski definition) is 2. The third-order valence-electron chi connectivity index (χ3n) is 4.21. The highest BCUT2D eigenvalue weighted by molar-refractivity contribution is 7.11. The molecule has 1 heterocycles. The number of aliphatic imine (C=N–C) groups is 1. The molecule has 154 valence electrons. The molecular formula is C22H33N3O2S. The first-order chi connectivity index (χ1) is 13.6. The Hall–Kier alpha value is -1.89. The van der Waals surface area contributed by atoms with Gasteiger partial charge in [0, 0.05) is 42.4 Å². The first-order valence-electron chi connectivity index (χ1n) is 9.86. The van der Waals surface area contributed by atoms with Gasteiger partial charge in [-0.05, 0) is 44.0 Å². The Balaban J connectivity index is 1.76. The molecule has 2 N–H and O–H groups in total. The van der Waals surface area contributed by atoms with Crippen molar-refractivity contribution in [3.05, 3.63) is 57.3 Å². The molecule has 1 atom stereocenters. The van der Waals surface area contributed by atoms with E-state index in [0.717, 1.165) is 25.5 Å². The lowest BCUT2D eigenvalue weighted by molar-refractivity contribution is 0.0453. The van der Waals surface area contributed by atoms with Gasteiger partial charge in [0.15, 0.2) is 5.96 Å². The summed E-state index contributed by atoms with van der Waals surface area (Å²) in [4.78, 5) is 7.10. The van der Waals surface area contributed by atoms with Gasteiger partial charge >= 0.3 is 0 Å². The van der Waals surface area contributed by atoms with E-state index in [1.807, 2.05) is 18.3 Å². The summed E-state index contributed by atoms with van der Waals surface area (Å²) in [7, 11) is 1.81. The predicted octanol–water partition coefficient (Wildman–Crippen LogP) is 3.91. The van der Waals surface area contributed by atoms with Crippen LogP contribution in [0.5, 0.6) is 0 Å². The van der Waals surface area contributed by atoms with Gasteiger partial charge < -0.3 is 20.1 Å². The second kappa shape index (κ2) is 12.5. The number of aryl methyl sites for hydroxylation is 1. The van der Waals surface area contributed by atoms with Crippen LogP contribution in [-0.4, -0.2) is 38.9 Å². The zero-order valence-corrected chi connectivity index (χ0v) is 18.3. The zero-order valence-electron chi connectivity index (χ0n) is 17.5. The molecule has 0 amide bonds. The molecule has 0 bridgehead atoms. The molecule has 0 aliphatic carbocycles. The maximum absolute atomic E-state index is 5.65. The molecular weight excluding hydrogens is 370 g/mol. The molecule has 0 saturated carbocycles. The molecule has 1 aromatic heterocycles. The van der Waals surface area contributed by atoms with E-state index in [1.54, 1.807) is 7.05 Å². The number of benzene rings is 1. The van der Waals surface area contributed by atoms with Crippen LogP contribution in [0, 0.1) is 6.92 Å². The Morgan fingerprint density at radius 1 is 1.14 bits per heavy atom. The summed E-state index contributed by atoms with van der Waals surface area (Å²) >= 11 is 1.85. The van der Waals surface area contributed by atoms with Crippen LogP contribution in [0.2, 0.25) is 0 Å². The van der Waals surface area contributed by atoms with Gasteiger partial charge in [0.05, 0.1) is 19.8 Å². The van der Waals surface area contributed by atoms with Crippen molar-refractivity contribution in [3.63, 3.8) is 0 Å². The molecule has 28 heavy (non-hydrogen) atoms. The summed E-state index contributed by atoms with van der Waals surface area (Å²) in [5, 5.41) is 6.87. The molecule has 2 rings (SSSR count). The van der Waals surface area contributed by atoms with Gasteiger partial charge in [0.2, 0.25) is 0 Å². The lowest BCUT2D eigenvalue weighted by atomic mass is 10.1. The van der Waals surface area contributed by atoms with Crippen molar-refractivity contribution in [3.8, 4) is 0 Å². The highest BCUT2D eigenvalue weighted by atomic mass is 32.1. The Bertz CT molecular complexity index is 730. The van der Waals surface area contributed by atoms with Crippen LogP contribution in [0.4, 0.5) is 0 Å². The van der Waals surface area contributed by atoms with Gasteiger partial charge in [-0.1, -0.05) is 24.3 Å². The Morgan fingerprint density at radius 3 is 2.64 bits per heavy atom. The highest BCUT2D eigenvalue weighted by Crippen LogP contribution is 2.16. The number of hydrogen-bond acceptors (Lipinski definition) is 4. The molecule has 0 radical (unpaired) electrons. The maximum Gasteiger partial charge on any atom is 0.191 e. The molecule has 0 spiro atoms. The van der Waals surface area contributed by atoms with Crippen molar-refractivity contribution in [1.29, 1.82) is 0 Å². The first kappa shape index (κ1) is 22.4. The Kier molecular flexibility index (Phi) is 10.0. The van der Waals surface area contributed by atoms with Crippen molar-refractivity contribution >= 4 is 17.3 Å². The van der Waals surface area contributed by atoms with Crippen molar-refractivity contribution < 1.29 is 9.47 Å². The number of thiophene rings is 1. The molecule has 6 heteroatoms. The fourth-order valence-corrected chi connectivity index (χ4v) is 3.86. The van der Waals surface area contributed by atoms with Crippen molar-refractivity contribution in [2.24, 2.45) is 4.99 Å². The maximum atomic E-state index is 5.65. The van der Waals surface area contributed by atoms with Crippen LogP contribution in [0.25, 0.3) is 0 Å². The second-order valence-electron chi connectivity index (χ2n) is 6.76. The van der Waals surface area contributed by atoms with Gasteiger partial charge in [-0.15, -0.1) is 11.3 Å². The smallest absolute Gasteiger partial charge is 0.191 e. The molecule has 5 nitrogen and oxygen atoms in total. The molecule has 1 unspecified atom stereocenters. The largest absolute Gasteiger partial charge is 0.379 e. The molecule has 1 aromatic carbocycles. The van der Waals surface area contributed by atoms with Gasteiger partial charge in [-0.3, -0.25) is 4.99 Å². The van der Waals surface area contributed by atoms with E-state index in [9.17, 15) is 0 Å². The van der Waals surface area contributed by atoms with Crippen LogP contribution >= 0.6 is 11.3 Å². The molecule has 0 aliphatic rings. The molecule has 0 fully saturated rings.